The highest BCUT2D eigenvalue weighted by molar-refractivity contribution is 5.39. The zero-order chi connectivity index (χ0) is 17.4. The summed E-state index contributed by atoms with van der Waals surface area (Å²) >= 11 is 0. The first-order valence-corrected chi connectivity index (χ1v) is 9.53. The van der Waals surface area contributed by atoms with Crippen molar-refractivity contribution in [3.63, 3.8) is 0 Å². The van der Waals surface area contributed by atoms with Gasteiger partial charge < -0.3 is 9.47 Å². The van der Waals surface area contributed by atoms with E-state index in [0.717, 1.165) is 6.54 Å². The van der Waals surface area contributed by atoms with Crippen molar-refractivity contribution in [2.45, 2.75) is 43.7 Å². The minimum Gasteiger partial charge on any atom is -0.337 e. The molecule has 0 radical (unpaired) electrons. The van der Waals surface area contributed by atoms with E-state index in [2.05, 4.69) is 64.8 Å². The van der Waals surface area contributed by atoms with Gasteiger partial charge in [-0.25, -0.2) is 4.98 Å². The number of nitrogens with zero attached hydrogens (tertiary/aromatic N) is 4. The van der Waals surface area contributed by atoms with Crippen LogP contribution in [0, 0.1) is 0 Å². The van der Waals surface area contributed by atoms with E-state index >= 15 is 0 Å². The van der Waals surface area contributed by atoms with Crippen LogP contribution in [0.5, 0.6) is 0 Å². The minimum absolute atomic E-state index is 0.390. The first kappa shape index (κ1) is 16.8. The maximum atomic E-state index is 4.49. The highest BCUT2D eigenvalue weighted by Crippen LogP contribution is 2.49. The van der Waals surface area contributed by atoms with Crippen molar-refractivity contribution in [1.29, 1.82) is 0 Å². The summed E-state index contributed by atoms with van der Waals surface area (Å²) in [5.41, 5.74) is 3.58. The number of hydrogen-bond donors (Lipinski definition) is 0. The predicted octanol–water partition coefficient (Wildman–Crippen LogP) is 3.35. The largest absolute Gasteiger partial charge is 0.337 e. The fraction of sp³-hybridized carbons (Fsp3) is 0.571. The molecule has 1 fully saturated rings. The molecule has 0 bridgehead atoms. The van der Waals surface area contributed by atoms with Crippen LogP contribution in [-0.2, 0) is 19.0 Å². The number of imidazole rings is 1. The summed E-state index contributed by atoms with van der Waals surface area (Å²) in [7, 11) is 6.52. The molecule has 2 aliphatic rings. The predicted molar refractivity (Wildman–Crippen MR) is 102 cm³/mol. The monoisotopic (exact) mass is 338 g/mol. The van der Waals surface area contributed by atoms with Gasteiger partial charge in [0.2, 0.25) is 0 Å². The van der Waals surface area contributed by atoms with Gasteiger partial charge in [-0.05, 0) is 69.4 Å². The van der Waals surface area contributed by atoms with Crippen LogP contribution in [0.15, 0.2) is 36.7 Å². The average molecular weight is 338 g/mol. The number of benzene rings is 1. The zero-order valence-corrected chi connectivity index (χ0v) is 15.8. The Labute approximate surface area is 151 Å². The van der Waals surface area contributed by atoms with Gasteiger partial charge in [0.05, 0.1) is 6.54 Å². The average Bonchev–Trinajstić information content (AvgIpc) is 3.02. The van der Waals surface area contributed by atoms with E-state index in [4.69, 9.17) is 0 Å². The van der Waals surface area contributed by atoms with Crippen molar-refractivity contribution in [3.8, 4) is 0 Å². The lowest BCUT2D eigenvalue weighted by molar-refractivity contribution is 0.120. The number of likely N-dealkylation sites (tertiary alicyclic amines) is 1. The van der Waals surface area contributed by atoms with Crippen molar-refractivity contribution in [2.24, 2.45) is 7.05 Å². The standard InChI is InChI=1S/C21H30N4/c1-23(2)19-8-9-21(18-7-5-4-6-17(18)19)10-13-25(14-11-21)16-20-22-12-15-24(20)3/h4-7,12,15,19H,8-11,13-14,16H2,1-3H3/t19-/m0/s1. The first-order chi connectivity index (χ1) is 12.1. The molecule has 1 aliphatic heterocycles. The molecule has 0 unspecified atom stereocenters. The topological polar surface area (TPSA) is 24.3 Å². The van der Waals surface area contributed by atoms with E-state index in [1.807, 2.05) is 12.4 Å². The lowest BCUT2D eigenvalue weighted by atomic mass is 9.63. The van der Waals surface area contributed by atoms with Gasteiger partial charge in [0.15, 0.2) is 0 Å². The molecule has 25 heavy (non-hydrogen) atoms. The number of rotatable bonds is 3. The lowest BCUT2D eigenvalue weighted by Gasteiger charge is -2.48. The molecule has 4 heteroatoms. The van der Waals surface area contributed by atoms with E-state index < -0.39 is 0 Å². The van der Waals surface area contributed by atoms with Crippen molar-refractivity contribution in [2.75, 3.05) is 27.2 Å². The van der Waals surface area contributed by atoms with Crippen LogP contribution in [0.2, 0.25) is 0 Å². The number of aromatic nitrogens is 2. The normalized spacial score (nSPS) is 23.1. The molecule has 4 nitrogen and oxygen atoms in total. The van der Waals surface area contributed by atoms with Gasteiger partial charge in [-0.1, -0.05) is 24.3 Å². The van der Waals surface area contributed by atoms with Crippen LogP contribution in [0.3, 0.4) is 0 Å². The van der Waals surface area contributed by atoms with Gasteiger partial charge in [-0.15, -0.1) is 0 Å². The first-order valence-electron chi connectivity index (χ1n) is 9.53. The Balaban J connectivity index is 1.52. The summed E-state index contributed by atoms with van der Waals surface area (Å²) < 4.78 is 2.14. The number of piperidine rings is 1. The fourth-order valence-corrected chi connectivity index (χ4v) is 4.92. The van der Waals surface area contributed by atoms with Gasteiger partial charge >= 0.3 is 0 Å². The third-order valence-corrected chi connectivity index (χ3v) is 6.51. The van der Waals surface area contributed by atoms with Crippen molar-refractivity contribution >= 4 is 0 Å². The highest BCUT2D eigenvalue weighted by Gasteiger charge is 2.42. The summed E-state index contributed by atoms with van der Waals surface area (Å²) in [4.78, 5) is 9.46. The van der Waals surface area contributed by atoms with Crippen LogP contribution in [0.25, 0.3) is 0 Å². The van der Waals surface area contributed by atoms with Gasteiger partial charge in [-0.3, -0.25) is 4.90 Å². The summed E-state index contributed by atoms with van der Waals surface area (Å²) in [6, 6.07) is 9.79. The molecule has 1 saturated heterocycles. The third kappa shape index (κ3) is 3.02. The highest BCUT2D eigenvalue weighted by atomic mass is 15.2. The van der Waals surface area contributed by atoms with Gasteiger partial charge in [0.1, 0.15) is 5.82 Å². The van der Waals surface area contributed by atoms with E-state index in [9.17, 15) is 0 Å². The molecule has 4 rings (SSSR count). The van der Waals surface area contributed by atoms with E-state index in [-0.39, 0.29) is 0 Å². The minimum atomic E-state index is 0.390. The van der Waals surface area contributed by atoms with Gasteiger partial charge in [-0.2, -0.15) is 0 Å². The molecule has 1 atom stereocenters. The fourth-order valence-electron chi connectivity index (χ4n) is 4.92. The quantitative estimate of drug-likeness (QED) is 0.858. The lowest BCUT2D eigenvalue weighted by Crippen LogP contribution is -2.45. The van der Waals surface area contributed by atoms with E-state index in [0.29, 0.717) is 11.5 Å². The number of aryl methyl sites for hydroxylation is 1. The van der Waals surface area contributed by atoms with Crippen LogP contribution in [0.4, 0.5) is 0 Å². The van der Waals surface area contributed by atoms with Crippen molar-refractivity contribution < 1.29 is 0 Å². The Bertz CT molecular complexity index is 725. The van der Waals surface area contributed by atoms with Crippen LogP contribution >= 0.6 is 0 Å². The molecular weight excluding hydrogens is 308 g/mol. The van der Waals surface area contributed by atoms with Crippen LogP contribution in [-0.4, -0.2) is 46.5 Å². The molecule has 2 heterocycles. The smallest absolute Gasteiger partial charge is 0.122 e. The summed E-state index contributed by atoms with van der Waals surface area (Å²) in [6.45, 7) is 3.32. The second-order valence-corrected chi connectivity index (χ2v) is 8.12. The van der Waals surface area contributed by atoms with Crippen molar-refractivity contribution in [3.05, 3.63) is 53.6 Å². The Kier molecular flexibility index (Phi) is 4.42. The van der Waals surface area contributed by atoms with E-state index in [1.54, 1.807) is 11.1 Å². The van der Waals surface area contributed by atoms with Gasteiger partial charge in [0.25, 0.3) is 0 Å². The molecule has 0 amide bonds. The molecule has 1 spiro atoms. The Hall–Kier alpha value is -1.65. The Morgan fingerprint density at radius 1 is 1.16 bits per heavy atom. The SMILES string of the molecule is CN(C)[C@H]1CCC2(CCN(Cc3nccn3C)CC2)c2ccccc21. The molecule has 134 valence electrons. The zero-order valence-electron chi connectivity index (χ0n) is 15.8. The summed E-state index contributed by atoms with van der Waals surface area (Å²) in [6.07, 6.45) is 9.09. The number of fused-ring (bicyclic) bond motifs is 2. The summed E-state index contributed by atoms with van der Waals surface area (Å²) in [5, 5.41) is 0. The molecule has 1 aromatic carbocycles. The molecule has 0 saturated carbocycles. The molecular formula is C21H30N4. The van der Waals surface area contributed by atoms with Crippen molar-refractivity contribution in [1.82, 2.24) is 19.4 Å². The second-order valence-electron chi connectivity index (χ2n) is 8.12. The van der Waals surface area contributed by atoms with E-state index in [1.165, 1.54) is 44.6 Å². The second kappa shape index (κ2) is 6.58. The number of hydrogen-bond acceptors (Lipinski definition) is 3. The van der Waals surface area contributed by atoms with Gasteiger partial charge in [0, 0.05) is 25.5 Å². The Morgan fingerprint density at radius 3 is 2.60 bits per heavy atom. The van der Waals surface area contributed by atoms with Crippen LogP contribution < -0.4 is 0 Å². The molecule has 0 N–H and O–H groups in total. The molecule has 1 aromatic heterocycles. The maximum absolute atomic E-state index is 4.49. The molecule has 2 aromatic rings. The third-order valence-electron chi connectivity index (χ3n) is 6.51. The summed E-state index contributed by atoms with van der Waals surface area (Å²) in [5.74, 6) is 1.17. The maximum Gasteiger partial charge on any atom is 0.122 e. The molecule has 1 aliphatic carbocycles. The van der Waals surface area contributed by atoms with Crippen LogP contribution in [0.1, 0.15) is 48.7 Å². The Morgan fingerprint density at radius 2 is 1.92 bits per heavy atom.